The monoisotopic (exact) mass is 332 g/mol. The standard InChI is InChI=1S/C20H28O4/c1-12-13-5-6-15(21)20(11-13,16(12)22)10-7-14-18(2)8-4-9-19(14,3)24-17(18)23/h13-14,16,22H,1,4-11H2,2-3H3/t13-,14-,16-,18-,19+,20-/m1/s1. The SMILES string of the molecule is C=C1[C@@H]2CCC(=O)[C@@](CC[C@@H]3[C@@]4(C)CCC[C@]3(C)OC4=O)(C2)[C@@H]1O. The summed E-state index contributed by atoms with van der Waals surface area (Å²) in [4.78, 5) is 25.1. The van der Waals surface area contributed by atoms with Crippen molar-refractivity contribution in [1.29, 1.82) is 0 Å². The van der Waals surface area contributed by atoms with Crippen LogP contribution in [-0.4, -0.2) is 28.6 Å². The van der Waals surface area contributed by atoms with Crippen LogP contribution in [0, 0.1) is 22.7 Å². The molecule has 1 N–H and O–H groups in total. The van der Waals surface area contributed by atoms with E-state index >= 15 is 0 Å². The van der Waals surface area contributed by atoms with E-state index in [0.29, 0.717) is 12.8 Å². The molecule has 1 saturated heterocycles. The topological polar surface area (TPSA) is 63.6 Å². The van der Waals surface area contributed by atoms with E-state index in [1.807, 2.05) is 13.8 Å². The Balaban J connectivity index is 1.59. The van der Waals surface area contributed by atoms with Crippen molar-refractivity contribution < 1.29 is 19.4 Å². The minimum Gasteiger partial charge on any atom is -0.459 e. The number of hydrogen-bond acceptors (Lipinski definition) is 4. The number of rotatable bonds is 3. The highest BCUT2D eigenvalue weighted by Crippen LogP contribution is 2.60. The van der Waals surface area contributed by atoms with Crippen molar-refractivity contribution in [3.8, 4) is 0 Å². The molecular weight excluding hydrogens is 304 g/mol. The van der Waals surface area contributed by atoms with E-state index in [1.165, 1.54) is 0 Å². The van der Waals surface area contributed by atoms with Gasteiger partial charge in [0.25, 0.3) is 0 Å². The molecule has 4 bridgehead atoms. The quantitative estimate of drug-likeness (QED) is 0.637. The molecule has 24 heavy (non-hydrogen) atoms. The Morgan fingerprint density at radius 1 is 1.29 bits per heavy atom. The van der Waals surface area contributed by atoms with Gasteiger partial charge in [0, 0.05) is 12.3 Å². The van der Waals surface area contributed by atoms with Crippen molar-refractivity contribution >= 4 is 11.8 Å². The molecule has 0 unspecified atom stereocenters. The third kappa shape index (κ3) is 1.89. The zero-order chi connectivity index (χ0) is 17.3. The summed E-state index contributed by atoms with van der Waals surface area (Å²) in [7, 11) is 0. The van der Waals surface area contributed by atoms with Crippen molar-refractivity contribution in [2.24, 2.45) is 22.7 Å². The van der Waals surface area contributed by atoms with Gasteiger partial charge in [0.1, 0.15) is 11.4 Å². The van der Waals surface area contributed by atoms with E-state index in [1.54, 1.807) is 0 Å². The average Bonchev–Trinajstić information content (AvgIpc) is 2.78. The number of esters is 1. The number of aliphatic hydroxyl groups is 1. The zero-order valence-corrected chi connectivity index (χ0v) is 14.8. The third-order valence-corrected chi connectivity index (χ3v) is 7.83. The second-order valence-corrected chi connectivity index (χ2v) is 9.06. The molecule has 4 nitrogen and oxygen atoms in total. The molecule has 0 radical (unpaired) electrons. The number of ether oxygens (including phenoxy) is 1. The second-order valence-electron chi connectivity index (χ2n) is 9.06. The van der Waals surface area contributed by atoms with Crippen LogP contribution in [0.5, 0.6) is 0 Å². The Morgan fingerprint density at radius 2 is 2.04 bits per heavy atom. The lowest BCUT2D eigenvalue weighted by atomic mass is 9.59. The molecule has 1 heterocycles. The first-order valence-corrected chi connectivity index (χ1v) is 9.36. The van der Waals surface area contributed by atoms with Gasteiger partial charge in [-0.3, -0.25) is 9.59 Å². The number of carbonyl (C=O) groups excluding carboxylic acids is 2. The number of hydrogen-bond donors (Lipinski definition) is 1. The fraction of sp³-hybridized carbons (Fsp3) is 0.800. The van der Waals surface area contributed by atoms with Crippen LogP contribution in [0.15, 0.2) is 12.2 Å². The van der Waals surface area contributed by atoms with Crippen LogP contribution in [0.2, 0.25) is 0 Å². The van der Waals surface area contributed by atoms with Gasteiger partial charge >= 0.3 is 5.97 Å². The number of ketones is 1. The predicted octanol–water partition coefficient (Wildman–Crippen LogP) is 3.17. The summed E-state index contributed by atoms with van der Waals surface area (Å²) in [6, 6.07) is 0. The molecular formula is C20H28O4. The molecule has 4 rings (SSSR count). The van der Waals surface area contributed by atoms with Crippen LogP contribution >= 0.6 is 0 Å². The minimum atomic E-state index is -0.712. The van der Waals surface area contributed by atoms with Crippen LogP contribution in [0.3, 0.4) is 0 Å². The maximum absolute atomic E-state index is 12.7. The lowest BCUT2D eigenvalue weighted by Gasteiger charge is -2.42. The molecule has 6 atom stereocenters. The number of fused-ring (bicyclic) bond motifs is 4. The normalized spacial score (nSPS) is 50.3. The van der Waals surface area contributed by atoms with Crippen LogP contribution in [-0.2, 0) is 14.3 Å². The van der Waals surface area contributed by atoms with Gasteiger partial charge in [0.05, 0.1) is 16.9 Å². The summed E-state index contributed by atoms with van der Waals surface area (Å²) in [5.41, 5.74) is -0.649. The van der Waals surface area contributed by atoms with Crippen molar-refractivity contribution in [3.63, 3.8) is 0 Å². The lowest BCUT2D eigenvalue weighted by Crippen LogP contribution is -2.45. The second kappa shape index (κ2) is 4.94. The average molecular weight is 332 g/mol. The highest BCUT2D eigenvalue weighted by Gasteiger charge is 2.63. The molecule has 1 aliphatic heterocycles. The third-order valence-electron chi connectivity index (χ3n) is 7.83. The van der Waals surface area contributed by atoms with E-state index in [-0.39, 0.29) is 23.6 Å². The van der Waals surface area contributed by atoms with Crippen LogP contribution < -0.4 is 0 Å². The molecule has 4 aliphatic rings. The molecule has 3 aliphatic carbocycles. The molecule has 0 aromatic rings. The predicted molar refractivity (Wildman–Crippen MR) is 89.1 cm³/mol. The molecule has 3 saturated carbocycles. The molecule has 4 heteroatoms. The Bertz CT molecular complexity index is 625. The van der Waals surface area contributed by atoms with Gasteiger partial charge in [-0.1, -0.05) is 6.58 Å². The first-order valence-electron chi connectivity index (χ1n) is 9.36. The summed E-state index contributed by atoms with van der Waals surface area (Å²) in [6.45, 7) is 8.13. The summed E-state index contributed by atoms with van der Waals surface area (Å²) in [5.74, 6) is 0.532. The molecule has 4 fully saturated rings. The molecule has 132 valence electrons. The maximum Gasteiger partial charge on any atom is 0.312 e. The summed E-state index contributed by atoms with van der Waals surface area (Å²) < 4.78 is 5.78. The van der Waals surface area contributed by atoms with Crippen LogP contribution in [0.25, 0.3) is 0 Å². The van der Waals surface area contributed by atoms with Crippen molar-refractivity contribution in [2.45, 2.75) is 76.9 Å². The van der Waals surface area contributed by atoms with Gasteiger partial charge in [0.2, 0.25) is 0 Å². The Morgan fingerprint density at radius 3 is 2.75 bits per heavy atom. The highest BCUT2D eigenvalue weighted by atomic mass is 16.6. The van der Waals surface area contributed by atoms with Crippen LogP contribution in [0.1, 0.15) is 65.2 Å². The fourth-order valence-electron chi connectivity index (χ4n) is 6.30. The first kappa shape index (κ1) is 16.3. The fourth-order valence-corrected chi connectivity index (χ4v) is 6.30. The zero-order valence-electron chi connectivity index (χ0n) is 14.8. The van der Waals surface area contributed by atoms with Gasteiger partial charge in [-0.2, -0.15) is 0 Å². The van der Waals surface area contributed by atoms with Crippen molar-refractivity contribution in [2.75, 3.05) is 0 Å². The van der Waals surface area contributed by atoms with Crippen molar-refractivity contribution in [1.82, 2.24) is 0 Å². The summed E-state index contributed by atoms with van der Waals surface area (Å²) >= 11 is 0. The minimum absolute atomic E-state index is 0.0748. The summed E-state index contributed by atoms with van der Waals surface area (Å²) in [6.07, 6.45) is 5.60. The number of Topliss-reactive ketones (excluding diaryl/α,β-unsaturated/α-hetero) is 1. The molecule has 0 aromatic carbocycles. The molecule has 0 amide bonds. The lowest BCUT2D eigenvalue weighted by molar-refractivity contribution is -0.151. The van der Waals surface area contributed by atoms with E-state index in [9.17, 15) is 14.7 Å². The first-order chi connectivity index (χ1) is 11.2. The Hall–Kier alpha value is -1.16. The number of aliphatic hydroxyl groups excluding tert-OH is 1. The highest BCUT2D eigenvalue weighted by molar-refractivity contribution is 5.88. The van der Waals surface area contributed by atoms with Gasteiger partial charge in [0.15, 0.2) is 0 Å². The van der Waals surface area contributed by atoms with Gasteiger partial charge < -0.3 is 9.84 Å². The number of carbonyl (C=O) groups is 2. The van der Waals surface area contributed by atoms with Crippen LogP contribution in [0.4, 0.5) is 0 Å². The Labute approximate surface area is 143 Å². The van der Waals surface area contributed by atoms with Gasteiger partial charge in [-0.25, -0.2) is 0 Å². The summed E-state index contributed by atoms with van der Waals surface area (Å²) in [5, 5.41) is 10.7. The van der Waals surface area contributed by atoms with E-state index in [4.69, 9.17) is 4.74 Å². The Kier molecular flexibility index (Phi) is 3.36. The van der Waals surface area contributed by atoms with E-state index in [0.717, 1.165) is 44.1 Å². The van der Waals surface area contributed by atoms with E-state index in [2.05, 4.69) is 6.58 Å². The van der Waals surface area contributed by atoms with Crippen molar-refractivity contribution in [3.05, 3.63) is 12.2 Å². The van der Waals surface area contributed by atoms with E-state index < -0.39 is 22.5 Å². The van der Waals surface area contributed by atoms with Gasteiger partial charge in [-0.05, 0) is 70.3 Å². The molecule has 0 aromatic heterocycles. The molecule has 0 spiro atoms. The largest absolute Gasteiger partial charge is 0.459 e. The van der Waals surface area contributed by atoms with Gasteiger partial charge in [-0.15, -0.1) is 0 Å². The maximum atomic E-state index is 12.7. The smallest absolute Gasteiger partial charge is 0.312 e.